The first-order valence-electron chi connectivity index (χ1n) is 6.61. The van der Waals surface area contributed by atoms with E-state index in [1.165, 1.54) is 17.0 Å². The summed E-state index contributed by atoms with van der Waals surface area (Å²) in [6.07, 6.45) is 0.931. The molecule has 1 atom stereocenters. The first kappa shape index (κ1) is 15.5. The Morgan fingerprint density at radius 3 is 2.95 bits per heavy atom. The Balaban J connectivity index is 1.98. The zero-order valence-electron chi connectivity index (χ0n) is 11.7. The second-order valence-electron chi connectivity index (χ2n) is 4.90. The molecular weight excluding hydrogens is 289 g/mol. The molecule has 4 nitrogen and oxygen atoms in total. The largest absolute Gasteiger partial charge is 0.409 e. The Morgan fingerprint density at radius 2 is 2.29 bits per heavy atom. The van der Waals surface area contributed by atoms with Crippen LogP contribution >= 0.6 is 11.3 Å². The summed E-state index contributed by atoms with van der Waals surface area (Å²) >= 11 is 1.72. The Labute approximate surface area is 127 Å². The van der Waals surface area contributed by atoms with Crippen LogP contribution in [0.4, 0.5) is 4.39 Å². The van der Waals surface area contributed by atoms with Crippen molar-refractivity contribution in [3.8, 4) is 0 Å². The van der Waals surface area contributed by atoms with E-state index >= 15 is 0 Å². The van der Waals surface area contributed by atoms with Crippen molar-refractivity contribution in [2.45, 2.75) is 25.9 Å². The van der Waals surface area contributed by atoms with Crippen molar-refractivity contribution in [3.63, 3.8) is 0 Å². The molecular formula is C15H18FN3OS. The predicted octanol–water partition coefficient (Wildman–Crippen LogP) is 2.70. The van der Waals surface area contributed by atoms with Crippen LogP contribution in [-0.4, -0.2) is 17.1 Å². The fourth-order valence-corrected chi connectivity index (χ4v) is 2.89. The van der Waals surface area contributed by atoms with Gasteiger partial charge in [0.15, 0.2) is 5.84 Å². The molecule has 1 unspecified atom stereocenters. The Bertz CT molecular complexity index is 613. The molecule has 0 fully saturated rings. The molecule has 1 aromatic heterocycles. The van der Waals surface area contributed by atoms with Crippen molar-refractivity contribution in [3.05, 3.63) is 57.5 Å². The maximum absolute atomic E-state index is 13.5. The number of oxime groups is 1. The highest BCUT2D eigenvalue weighted by Crippen LogP contribution is 2.12. The average Bonchev–Trinajstić information content (AvgIpc) is 2.96. The number of amidine groups is 1. The zero-order valence-corrected chi connectivity index (χ0v) is 12.5. The molecule has 2 rings (SSSR count). The molecule has 0 amide bonds. The summed E-state index contributed by atoms with van der Waals surface area (Å²) in [5.41, 5.74) is 6.63. The maximum Gasteiger partial charge on any atom is 0.170 e. The van der Waals surface area contributed by atoms with Crippen LogP contribution in [0.3, 0.4) is 0 Å². The van der Waals surface area contributed by atoms with Gasteiger partial charge >= 0.3 is 0 Å². The van der Waals surface area contributed by atoms with Crippen molar-refractivity contribution in [2.75, 3.05) is 0 Å². The lowest BCUT2D eigenvalue weighted by Gasteiger charge is -2.13. The lowest BCUT2D eigenvalue weighted by atomic mass is 10.1. The van der Waals surface area contributed by atoms with Crippen molar-refractivity contribution >= 4 is 17.2 Å². The van der Waals surface area contributed by atoms with Crippen LogP contribution in [0.2, 0.25) is 0 Å². The first-order chi connectivity index (χ1) is 10.1. The fourth-order valence-electron chi connectivity index (χ4n) is 2.05. The van der Waals surface area contributed by atoms with Gasteiger partial charge in [0.25, 0.3) is 0 Å². The smallest absolute Gasteiger partial charge is 0.170 e. The predicted molar refractivity (Wildman–Crippen MR) is 83.2 cm³/mol. The summed E-state index contributed by atoms with van der Waals surface area (Å²) in [4.78, 5) is 1.31. The summed E-state index contributed by atoms with van der Waals surface area (Å²) in [6.45, 7) is 2.61. The molecule has 1 heterocycles. The quantitative estimate of drug-likeness (QED) is 0.332. The summed E-state index contributed by atoms with van der Waals surface area (Å²) in [5, 5.41) is 17.0. The zero-order chi connectivity index (χ0) is 15.2. The van der Waals surface area contributed by atoms with Crippen LogP contribution in [0, 0.1) is 5.82 Å². The summed E-state index contributed by atoms with van der Waals surface area (Å²) < 4.78 is 13.5. The van der Waals surface area contributed by atoms with Crippen LogP contribution in [0.15, 0.2) is 40.9 Å². The number of thiophene rings is 1. The van der Waals surface area contributed by atoms with E-state index in [0.29, 0.717) is 12.1 Å². The van der Waals surface area contributed by atoms with Gasteiger partial charge in [-0.1, -0.05) is 11.2 Å². The van der Waals surface area contributed by atoms with Crippen LogP contribution in [-0.2, 0) is 13.0 Å². The van der Waals surface area contributed by atoms with E-state index in [1.54, 1.807) is 17.4 Å². The molecule has 0 aliphatic rings. The van der Waals surface area contributed by atoms with E-state index in [4.69, 9.17) is 10.9 Å². The number of benzene rings is 1. The highest BCUT2D eigenvalue weighted by atomic mass is 32.1. The van der Waals surface area contributed by atoms with Gasteiger partial charge in [-0.2, -0.15) is 0 Å². The van der Waals surface area contributed by atoms with Gasteiger partial charge < -0.3 is 16.3 Å². The summed E-state index contributed by atoms with van der Waals surface area (Å²) in [6, 6.07) is 8.80. The van der Waals surface area contributed by atoms with E-state index in [2.05, 4.69) is 28.8 Å². The minimum Gasteiger partial charge on any atom is -0.409 e. The van der Waals surface area contributed by atoms with Gasteiger partial charge in [-0.05, 0) is 48.6 Å². The van der Waals surface area contributed by atoms with Crippen molar-refractivity contribution in [1.82, 2.24) is 5.32 Å². The number of nitrogens with two attached hydrogens (primary N) is 1. The number of halogens is 1. The monoisotopic (exact) mass is 307 g/mol. The van der Waals surface area contributed by atoms with Crippen molar-refractivity contribution in [2.24, 2.45) is 10.9 Å². The van der Waals surface area contributed by atoms with Crippen LogP contribution in [0.5, 0.6) is 0 Å². The lowest BCUT2D eigenvalue weighted by molar-refractivity contribution is 0.318. The molecule has 21 heavy (non-hydrogen) atoms. The molecule has 0 aliphatic heterocycles. The van der Waals surface area contributed by atoms with Crippen LogP contribution in [0.25, 0.3) is 0 Å². The molecule has 0 spiro atoms. The van der Waals surface area contributed by atoms with E-state index in [9.17, 15) is 4.39 Å². The Morgan fingerprint density at radius 1 is 1.48 bits per heavy atom. The molecule has 1 aromatic carbocycles. The van der Waals surface area contributed by atoms with E-state index < -0.39 is 5.82 Å². The van der Waals surface area contributed by atoms with Crippen LogP contribution in [0.1, 0.15) is 22.9 Å². The molecule has 0 aliphatic carbocycles. The number of nitrogens with zero attached hydrogens (tertiary/aromatic N) is 1. The van der Waals surface area contributed by atoms with Gasteiger partial charge in [0.05, 0.1) is 0 Å². The number of nitrogens with one attached hydrogen (secondary N) is 1. The molecule has 2 aromatic rings. The molecule has 0 bridgehead atoms. The van der Waals surface area contributed by atoms with Gasteiger partial charge in [0.2, 0.25) is 0 Å². The molecule has 0 saturated heterocycles. The highest BCUT2D eigenvalue weighted by molar-refractivity contribution is 7.09. The second-order valence-corrected chi connectivity index (χ2v) is 5.93. The topological polar surface area (TPSA) is 70.6 Å². The molecule has 0 radical (unpaired) electrons. The van der Waals surface area contributed by atoms with Gasteiger partial charge in [-0.3, -0.25) is 0 Å². The normalized spacial score (nSPS) is 13.3. The van der Waals surface area contributed by atoms with Crippen molar-refractivity contribution < 1.29 is 9.60 Å². The minimum atomic E-state index is -0.401. The van der Waals surface area contributed by atoms with E-state index in [1.807, 2.05) is 6.07 Å². The third-order valence-electron chi connectivity index (χ3n) is 3.10. The Hall–Kier alpha value is -1.92. The Kier molecular flexibility index (Phi) is 5.30. The fraction of sp³-hybridized carbons (Fsp3) is 0.267. The number of rotatable bonds is 6. The third-order valence-corrected chi connectivity index (χ3v) is 4.00. The second kappa shape index (κ2) is 7.19. The molecule has 6 heteroatoms. The van der Waals surface area contributed by atoms with Crippen molar-refractivity contribution in [1.29, 1.82) is 0 Å². The van der Waals surface area contributed by atoms with Gasteiger partial charge in [-0.15, -0.1) is 11.3 Å². The number of hydrogen-bond acceptors (Lipinski definition) is 4. The lowest BCUT2D eigenvalue weighted by Crippen LogP contribution is -2.27. The molecule has 4 N–H and O–H groups in total. The highest BCUT2D eigenvalue weighted by Gasteiger charge is 2.07. The number of hydrogen-bond donors (Lipinski definition) is 3. The summed E-state index contributed by atoms with van der Waals surface area (Å²) in [5.74, 6) is -0.496. The van der Waals surface area contributed by atoms with E-state index in [-0.39, 0.29) is 11.9 Å². The summed E-state index contributed by atoms with van der Waals surface area (Å²) in [7, 11) is 0. The molecule has 112 valence electrons. The third kappa shape index (κ3) is 4.54. The maximum atomic E-state index is 13.5. The average molecular weight is 307 g/mol. The van der Waals surface area contributed by atoms with E-state index in [0.717, 1.165) is 12.0 Å². The first-order valence-corrected chi connectivity index (χ1v) is 7.49. The minimum absolute atomic E-state index is 0.0950. The SMILES string of the molecule is CC(Cc1cccs1)NCc1cc(F)cc(/C(N)=N/O)c1. The van der Waals surface area contributed by atoms with Crippen LogP contribution < -0.4 is 11.1 Å². The standard InChI is InChI=1S/C15H18FN3OS/c1-10(5-14-3-2-4-21-14)18-9-11-6-12(15(17)19-20)8-13(16)7-11/h2-4,6-8,10,18,20H,5,9H2,1H3,(H2,17,19). The molecule has 0 saturated carbocycles. The van der Waals surface area contributed by atoms with Gasteiger partial charge in [0, 0.05) is 23.0 Å². The van der Waals surface area contributed by atoms with Gasteiger partial charge in [0.1, 0.15) is 5.82 Å². The van der Waals surface area contributed by atoms with Gasteiger partial charge in [-0.25, -0.2) is 4.39 Å².